The molecule has 0 spiro atoms. The third-order valence-corrected chi connectivity index (χ3v) is 3.36. The Balaban J connectivity index is 2.43. The van der Waals surface area contributed by atoms with Gasteiger partial charge < -0.3 is 9.73 Å². The molecule has 0 saturated heterocycles. The number of aryl methyl sites for hydroxylation is 1. The molecule has 1 heterocycles. The lowest BCUT2D eigenvalue weighted by Gasteiger charge is -2.19. The summed E-state index contributed by atoms with van der Waals surface area (Å²) in [6, 6.07) is 3.66. The van der Waals surface area contributed by atoms with E-state index in [1.807, 2.05) is 19.9 Å². The molecule has 0 fully saturated rings. The molecule has 0 amide bonds. The Hall–Kier alpha value is -1.39. The zero-order valence-electron chi connectivity index (χ0n) is 11.3. The minimum atomic E-state index is -0.948. The molecule has 0 aliphatic heterocycles. The molecule has 0 aliphatic carbocycles. The van der Waals surface area contributed by atoms with E-state index >= 15 is 0 Å². The minimum Gasteiger partial charge on any atom is -0.469 e. The van der Waals surface area contributed by atoms with Crippen LogP contribution in [0.25, 0.3) is 0 Å². The lowest BCUT2D eigenvalue weighted by Crippen LogP contribution is -2.23. The van der Waals surface area contributed by atoms with Crippen LogP contribution in [0.4, 0.5) is 8.78 Å². The van der Waals surface area contributed by atoms with E-state index < -0.39 is 11.6 Å². The molecule has 1 aromatic carbocycles. The van der Waals surface area contributed by atoms with Crippen molar-refractivity contribution >= 4 is 11.6 Å². The van der Waals surface area contributed by atoms with Gasteiger partial charge in [0.2, 0.25) is 0 Å². The third-order valence-electron chi connectivity index (χ3n) is 3.03. The van der Waals surface area contributed by atoms with E-state index in [-0.39, 0.29) is 11.1 Å². The molecule has 1 unspecified atom stereocenters. The van der Waals surface area contributed by atoms with Crippen LogP contribution < -0.4 is 5.32 Å². The largest absolute Gasteiger partial charge is 0.469 e. The van der Waals surface area contributed by atoms with E-state index in [9.17, 15) is 8.78 Å². The van der Waals surface area contributed by atoms with E-state index in [0.717, 1.165) is 36.4 Å². The zero-order chi connectivity index (χ0) is 14.7. The summed E-state index contributed by atoms with van der Waals surface area (Å²) >= 11 is 6.05. The van der Waals surface area contributed by atoms with Crippen LogP contribution in [-0.4, -0.2) is 6.54 Å². The Morgan fingerprint density at radius 2 is 1.95 bits per heavy atom. The Morgan fingerprint density at radius 1 is 1.25 bits per heavy atom. The molecule has 108 valence electrons. The van der Waals surface area contributed by atoms with Crippen LogP contribution in [0.3, 0.4) is 0 Å². The summed E-state index contributed by atoms with van der Waals surface area (Å²) in [5.74, 6) is -1.11. The summed E-state index contributed by atoms with van der Waals surface area (Å²) in [5, 5.41) is 3.46. The van der Waals surface area contributed by atoms with Crippen molar-refractivity contribution < 1.29 is 13.2 Å². The predicted octanol–water partition coefficient (Wildman–Crippen LogP) is 4.61. The number of benzene rings is 1. The highest BCUT2D eigenvalue weighted by Gasteiger charge is 2.20. The summed E-state index contributed by atoms with van der Waals surface area (Å²) < 4.78 is 32.0. The van der Waals surface area contributed by atoms with Gasteiger partial charge in [0.15, 0.2) is 11.6 Å². The highest BCUT2D eigenvalue weighted by molar-refractivity contribution is 6.31. The number of rotatable bonds is 5. The number of hydrogen-bond acceptors (Lipinski definition) is 2. The SMILES string of the molecule is CCCNC(c1coc(C)c1)c1cc(F)c(F)cc1Cl. The summed E-state index contributed by atoms with van der Waals surface area (Å²) in [7, 11) is 0. The number of nitrogens with one attached hydrogen (secondary N) is 1. The van der Waals surface area contributed by atoms with Crippen molar-refractivity contribution in [1.29, 1.82) is 0 Å². The van der Waals surface area contributed by atoms with Gasteiger partial charge in [-0.1, -0.05) is 18.5 Å². The van der Waals surface area contributed by atoms with Crippen LogP contribution in [-0.2, 0) is 0 Å². The van der Waals surface area contributed by atoms with Crippen LogP contribution in [0.1, 0.15) is 36.3 Å². The van der Waals surface area contributed by atoms with E-state index in [1.54, 1.807) is 6.26 Å². The Bertz CT molecular complexity index is 598. The van der Waals surface area contributed by atoms with E-state index in [2.05, 4.69) is 5.32 Å². The van der Waals surface area contributed by atoms with Crippen molar-refractivity contribution in [1.82, 2.24) is 5.32 Å². The maximum absolute atomic E-state index is 13.5. The van der Waals surface area contributed by atoms with Gasteiger partial charge in [0.1, 0.15) is 5.76 Å². The van der Waals surface area contributed by atoms with Crippen molar-refractivity contribution in [2.24, 2.45) is 0 Å². The van der Waals surface area contributed by atoms with Crippen molar-refractivity contribution in [3.63, 3.8) is 0 Å². The average molecular weight is 300 g/mol. The van der Waals surface area contributed by atoms with Crippen LogP contribution in [0, 0.1) is 18.6 Å². The molecule has 2 nitrogen and oxygen atoms in total. The molecule has 1 atom stereocenters. The molecule has 1 N–H and O–H groups in total. The van der Waals surface area contributed by atoms with E-state index in [4.69, 9.17) is 16.0 Å². The second-order valence-electron chi connectivity index (χ2n) is 4.67. The topological polar surface area (TPSA) is 25.2 Å². The van der Waals surface area contributed by atoms with Crippen LogP contribution >= 0.6 is 11.6 Å². The molecule has 0 aliphatic rings. The molecular formula is C15H16ClF2NO. The summed E-state index contributed by atoms with van der Waals surface area (Å²) in [6.07, 6.45) is 2.51. The van der Waals surface area contributed by atoms with E-state index in [1.165, 1.54) is 0 Å². The predicted molar refractivity (Wildman–Crippen MR) is 74.9 cm³/mol. The fourth-order valence-electron chi connectivity index (χ4n) is 2.07. The van der Waals surface area contributed by atoms with Gasteiger partial charge >= 0.3 is 0 Å². The molecule has 1 aromatic heterocycles. The van der Waals surface area contributed by atoms with Gasteiger partial charge in [-0.05, 0) is 43.7 Å². The number of hydrogen-bond donors (Lipinski definition) is 1. The highest BCUT2D eigenvalue weighted by Crippen LogP contribution is 2.31. The maximum Gasteiger partial charge on any atom is 0.160 e. The van der Waals surface area contributed by atoms with Crippen molar-refractivity contribution in [2.75, 3.05) is 6.54 Å². The first-order valence-corrected chi connectivity index (χ1v) is 6.83. The first kappa shape index (κ1) is 15.0. The van der Waals surface area contributed by atoms with Gasteiger partial charge in [0, 0.05) is 10.6 Å². The molecule has 0 bridgehead atoms. The average Bonchev–Trinajstić information content (AvgIpc) is 2.82. The Labute approximate surface area is 121 Å². The van der Waals surface area contributed by atoms with Gasteiger partial charge in [-0.15, -0.1) is 0 Å². The van der Waals surface area contributed by atoms with Gasteiger partial charge in [0.05, 0.1) is 12.3 Å². The molecule has 5 heteroatoms. The van der Waals surface area contributed by atoms with Crippen LogP contribution in [0.2, 0.25) is 5.02 Å². The van der Waals surface area contributed by atoms with Crippen LogP contribution in [0.15, 0.2) is 28.9 Å². The summed E-state index contributed by atoms with van der Waals surface area (Å²) in [4.78, 5) is 0. The quantitative estimate of drug-likeness (QED) is 0.816. The fraction of sp³-hybridized carbons (Fsp3) is 0.333. The smallest absolute Gasteiger partial charge is 0.160 e. The van der Waals surface area contributed by atoms with Crippen molar-refractivity contribution in [2.45, 2.75) is 26.3 Å². The molecule has 2 aromatic rings. The number of halogens is 3. The lowest BCUT2D eigenvalue weighted by molar-refractivity contribution is 0.501. The third kappa shape index (κ3) is 3.19. The summed E-state index contributed by atoms with van der Waals surface area (Å²) in [5.41, 5.74) is 1.34. The Kier molecular flexibility index (Phi) is 4.78. The fourth-order valence-corrected chi connectivity index (χ4v) is 2.33. The molecule has 2 rings (SSSR count). The summed E-state index contributed by atoms with van der Waals surface area (Å²) in [6.45, 7) is 4.58. The zero-order valence-corrected chi connectivity index (χ0v) is 12.1. The molecular weight excluding hydrogens is 284 g/mol. The van der Waals surface area contributed by atoms with Crippen molar-refractivity contribution in [3.05, 3.63) is 58.0 Å². The molecule has 0 saturated carbocycles. The minimum absolute atomic E-state index is 0.191. The molecule has 20 heavy (non-hydrogen) atoms. The van der Waals surface area contributed by atoms with Gasteiger partial charge in [0.25, 0.3) is 0 Å². The first-order valence-electron chi connectivity index (χ1n) is 6.45. The monoisotopic (exact) mass is 299 g/mol. The normalized spacial score (nSPS) is 12.7. The van der Waals surface area contributed by atoms with Gasteiger partial charge in [-0.25, -0.2) is 8.78 Å². The maximum atomic E-state index is 13.5. The van der Waals surface area contributed by atoms with E-state index in [0.29, 0.717) is 5.56 Å². The van der Waals surface area contributed by atoms with Crippen LogP contribution in [0.5, 0.6) is 0 Å². The lowest BCUT2D eigenvalue weighted by atomic mass is 10.0. The molecule has 0 radical (unpaired) electrons. The van der Waals surface area contributed by atoms with Gasteiger partial charge in [-0.2, -0.15) is 0 Å². The second kappa shape index (κ2) is 6.37. The van der Waals surface area contributed by atoms with Crippen molar-refractivity contribution in [3.8, 4) is 0 Å². The highest BCUT2D eigenvalue weighted by atomic mass is 35.5. The second-order valence-corrected chi connectivity index (χ2v) is 5.07. The number of furan rings is 1. The first-order chi connectivity index (χ1) is 9.52. The van der Waals surface area contributed by atoms with Gasteiger partial charge in [-0.3, -0.25) is 0 Å². The standard InChI is InChI=1S/C15H16ClF2NO/c1-3-4-19-15(10-5-9(2)20-8-10)11-6-13(17)14(18)7-12(11)16/h5-8,15,19H,3-4H2,1-2H3. The Morgan fingerprint density at radius 3 is 2.55 bits per heavy atom.